The number of hydrogen-bond donors (Lipinski definition) is 2. The van der Waals surface area contributed by atoms with Gasteiger partial charge in [-0.05, 0) is 11.1 Å². The lowest BCUT2D eigenvalue weighted by Crippen LogP contribution is -1.99. The Morgan fingerprint density at radius 2 is 1.08 bits per heavy atom. The molecular weight excluding hydrogens is 336 g/mol. The van der Waals surface area contributed by atoms with Crippen molar-refractivity contribution in [3.05, 3.63) is 83.9 Å². The van der Waals surface area contributed by atoms with Crippen molar-refractivity contribution < 1.29 is 29.9 Å². The second-order valence-corrected chi connectivity index (χ2v) is 5.12. The van der Waals surface area contributed by atoms with Crippen LogP contribution in [0.15, 0.2) is 72.8 Å². The Morgan fingerprint density at radius 3 is 1.35 bits per heavy atom. The fourth-order valence-corrected chi connectivity index (χ4v) is 2.13. The van der Waals surface area contributed by atoms with Crippen LogP contribution in [-0.4, -0.2) is 22.4 Å². The number of hydrogen-bond acceptors (Lipinski definition) is 6. The van der Waals surface area contributed by atoms with Crippen LogP contribution in [0.2, 0.25) is 0 Å². The smallest absolute Gasteiger partial charge is 0.122 e. The molecule has 26 heavy (non-hydrogen) atoms. The normalized spacial score (nSPS) is 11.8. The average Bonchev–Trinajstić information content (AvgIpc) is 2.71. The van der Waals surface area contributed by atoms with E-state index in [1.807, 2.05) is 60.7 Å². The zero-order valence-electron chi connectivity index (χ0n) is 14.0. The molecule has 136 valence electrons. The van der Waals surface area contributed by atoms with Crippen LogP contribution in [0.1, 0.15) is 36.2 Å². The standard InChI is InChI=1S/2C10H10O3/c2*11-8-4-7-10(13-12)9-5-2-1-3-6-9/h2*1-6,10,12H,7H2. The molecule has 2 aromatic carbocycles. The van der Waals surface area contributed by atoms with Crippen molar-refractivity contribution in [2.45, 2.75) is 25.0 Å². The van der Waals surface area contributed by atoms with Crippen molar-refractivity contribution in [1.29, 1.82) is 0 Å². The summed E-state index contributed by atoms with van der Waals surface area (Å²) in [6.45, 7) is 0. The van der Waals surface area contributed by atoms with E-state index in [-0.39, 0.29) is 0 Å². The molecule has 0 aromatic heterocycles. The van der Waals surface area contributed by atoms with Gasteiger partial charge in [0, 0.05) is 25.0 Å². The van der Waals surface area contributed by atoms with Gasteiger partial charge < -0.3 is 0 Å². The molecule has 0 aliphatic rings. The molecular formula is C20H20O6. The minimum absolute atomic E-state index is 0.323. The van der Waals surface area contributed by atoms with E-state index in [1.54, 1.807) is 11.9 Å². The van der Waals surface area contributed by atoms with Crippen LogP contribution in [0.4, 0.5) is 0 Å². The van der Waals surface area contributed by atoms with Gasteiger partial charge in [-0.2, -0.15) is 0 Å². The summed E-state index contributed by atoms with van der Waals surface area (Å²) in [5.74, 6) is 3.27. The molecule has 2 aromatic rings. The monoisotopic (exact) mass is 356 g/mol. The zero-order valence-corrected chi connectivity index (χ0v) is 14.0. The third kappa shape index (κ3) is 7.83. The molecule has 0 heterocycles. The molecule has 0 saturated carbocycles. The van der Waals surface area contributed by atoms with Crippen LogP contribution < -0.4 is 0 Å². The van der Waals surface area contributed by atoms with Gasteiger partial charge in [-0.1, -0.05) is 60.7 Å². The molecule has 2 unspecified atom stereocenters. The first-order chi connectivity index (χ1) is 12.8. The quantitative estimate of drug-likeness (QED) is 0.422. The van der Waals surface area contributed by atoms with Crippen molar-refractivity contribution >= 4 is 11.9 Å². The molecule has 6 heteroatoms. The summed E-state index contributed by atoms with van der Waals surface area (Å²) < 4.78 is 0. The molecule has 0 spiro atoms. The van der Waals surface area contributed by atoms with E-state index in [0.717, 1.165) is 11.1 Å². The van der Waals surface area contributed by atoms with Crippen LogP contribution in [0.5, 0.6) is 0 Å². The number of rotatable bonds is 8. The molecule has 0 amide bonds. The first-order valence-electron chi connectivity index (χ1n) is 7.85. The lowest BCUT2D eigenvalue weighted by atomic mass is 10.1. The third-order valence-corrected chi connectivity index (χ3v) is 3.43. The zero-order chi connectivity index (χ0) is 19.0. The van der Waals surface area contributed by atoms with Crippen LogP contribution >= 0.6 is 0 Å². The van der Waals surface area contributed by atoms with Crippen molar-refractivity contribution in [2.24, 2.45) is 0 Å². The SMILES string of the molecule is O=C=CCC(OO)c1ccccc1.O=C=CCC(OO)c1ccccc1. The molecule has 2 rings (SSSR count). The van der Waals surface area contributed by atoms with Crippen LogP contribution in [0.3, 0.4) is 0 Å². The summed E-state index contributed by atoms with van der Waals surface area (Å²) in [4.78, 5) is 28.3. The van der Waals surface area contributed by atoms with Crippen molar-refractivity contribution in [2.75, 3.05) is 0 Å². The summed E-state index contributed by atoms with van der Waals surface area (Å²) >= 11 is 0. The molecule has 0 radical (unpaired) electrons. The van der Waals surface area contributed by atoms with Gasteiger partial charge in [0.1, 0.15) is 24.1 Å². The van der Waals surface area contributed by atoms with Crippen molar-refractivity contribution in [3.63, 3.8) is 0 Å². The average molecular weight is 356 g/mol. The van der Waals surface area contributed by atoms with Gasteiger partial charge in [0.2, 0.25) is 0 Å². The fourth-order valence-electron chi connectivity index (χ4n) is 2.13. The number of carbonyl (C=O) groups excluding carboxylic acids is 2. The van der Waals surface area contributed by atoms with E-state index in [9.17, 15) is 9.59 Å². The molecule has 2 atom stereocenters. The molecule has 0 fully saturated rings. The summed E-state index contributed by atoms with van der Waals surface area (Å²) in [7, 11) is 0. The predicted molar refractivity (Wildman–Crippen MR) is 95.6 cm³/mol. The van der Waals surface area contributed by atoms with Gasteiger partial charge >= 0.3 is 0 Å². The van der Waals surface area contributed by atoms with Gasteiger partial charge in [0.15, 0.2) is 0 Å². The minimum Gasteiger partial charge on any atom is -0.251 e. The lowest BCUT2D eigenvalue weighted by Gasteiger charge is -2.09. The summed E-state index contributed by atoms with van der Waals surface area (Å²) in [5.41, 5.74) is 1.66. The summed E-state index contributed by atoms with van der Waals surface area (Å²) in [6, 6.07) is 18.4. The topological polar surface area (TPSA) is 93.1 Å². The second kappa shape index (κ2) is 13.5. The van der Waals surface area contributed by atoms with Gasteiger partial charge in [-0.3, -0.25) is 10.5 Å². The minimum atomic E-state index is -0.484. The lowest BCUT2D eigenvalue weighted by molar-refractivity contribution is -0.280. The first-order valence-corrected chi connectivity index (χ1v) is 7.85. The highest BCUT2D eigenvalue weighted by molar-refractivity contribution is 5.45. The van der Waals surface area contributed by atoms with E-state index < -0.39 is 12.2 Å². The Balaban J connectivity index is 0.000000260. The van der Waals surface area contributed by atoms with Gasteiger partial charge in [0.25, 0.3) is 0 Å². The highest BCUT2D eigenvalue weighted by Gasteiger charge is 2.09. The largest absolute Gasteiger partial charge is 0.251 e. The molecule has 0 bridgehead atoms. The van der Waals surface area contributed by atoms with E-state index in [2.05, 4.69) is 9.78 Å². The Bertz CT molecular complexity index is 640. The van der Waals surface area contributed by atoms with E-state index in [0.29, 0.717) is 12.8 Å². The third-order valence-electron chi connectivity index (χ3n) is 3.43. The second-order valence-electron chi connectivity index (χ2n) is 5.12. The Morgan fingerprint density at radius 1 is 0.731 bits per heavy atom. The molecule has 0 saturated heterocycles. The molecule has 0 aliphatic carbocycles. The predicted octanol–water partition coefficient (Wildman–Crippen LogP) is 3.99. The summed E-state index contributed by atoms with van der Waals surface area (Å²) in [6.07, 6.45) is 2.25. The summed E-state index contributed by atoms with van der Waals surface area (Å²) in [5, 5.41) is 17.1. The molecule has 2 N–H and O–H groups in total. The van der Waals surface area contributed by atoms with Crippen molar-refractivity contribution in [1.82, 2.24) is 0 Å². The van der Waals surface area contributed by atoms with Crippen LogP contribution in [0.25, 0.3) is 0 Å². The maximum atomic E-state index is 9.94. The van der Waals surface area contributed by atoms with Gasteiger partial charge in [0.05, 0.1) is 0 Å². The highest BCUT2D eigenvalue weighted by atomic mass is 17.1. The number of benzene rings is 2. The van der Waals surface area contributed by atoms with Gasteiger partial charge in [-0.15, -0.1) is 0 Å². The van der Waals surface area contributed by atoms with Crippen LogP contribution in [-0.2, 0) is 19.4 Å². The van der Waals surface area contributed by atoms with Crippen LogP contribution in [0, 0.1) is 0 Å². The molecule has 6 nitrogen and oxygen atoms in total. The Kier molecular flexibility index (Phi) is 11.0. The maximum absolute atomic E-state index is 9.94. The van der Waals surface area contributed by atoms with E-state index >= 15 is 0 Å². The first kappa shape index (κ1) is 21.2. The Hall–Kier alpha value is -2.82. The maximum Gasteiger partial charge on any atom is 0.122 e. The van der Waals surface area contributed by atoms with E-state index in [4.69, 9.17) is 10.5 Å². The molecule has 0 aliphatic heterocycles. The highest BCUT2D eigenvalue weighted by Crippen LogP contribution is 2.20. The van der Waals surface area contributed by atoms with E-state index in [1.165, 1.54) is 12.2 Å². The fraction of sp³-hybridized carbons (Fsp3) is 0.200. The Labute approximate surface area is 151 Å². The van der Waals surface area contributed by atoms with Crippen molar-refractivity contribution in [3.8, 4) is 0 Å². The van der Waals surface area contributed by atoms with Gasteiger partial charge in [-0.25, -0.2) is 19.4 Å².